The van der Waals surface area contributed by atoms with Gasteiger partial charge in [0.2, 0.25) is 10.0 Å². The Balaban J connectivity index is 0.00000113. The van der Waals surface area contributed by atoms with E-state index in [1.807, 2.05) is 20.8 Å². The number of H-pyrrole nitrogens is 2. The minimum absolute atomic E-state index is 0. The maximum atomic E-state index is 12.9. The van der Waals surface area contributed by atoms with E-state index in [4.69, 9.17) is 40.6 Å². The van der Waals surface area contributed by atoms with Crippen molar-refractivity contribution in [1.82, 2.24) is 48.8 Å². The molecule has 0 bridgehead atoms. The van der Waals surface area contributed by atoms with Crippen LogP contribution in [0.2, 0.25) is 0 Å². The van der Waals surface area contributed by atoms with Crippen molar-refractivity contribution in [1.29, 1.82) is 5.26 Å². The van der Waals surface area contributed by atoms with E-state index in [2.05, 4.69) is 40.3 Å². The van der Waals surface area contributed by atoms with Crippen molar-refractivity contribution in [2.75, 3.05) is 39.4 Å². The first-order valence-corrected chi connectivity index (χ1v) is 25.6. The van der Waals surface area contributed by atoms with Crippen LogP contribution >= 0.6 is 23.1 Å². The van der Waals surface area contributed by atoms with Crippen LogP contribution in [0, 0.1) is 25.2 Å². The van der Waals surface area contributed by atoms with E-state index in [0.717, 1.165) is 25.9 Å². The number of nitrogens with zero attached hydrogens (tertiary/aromatic N) is 8. The molecule has 0 unspecified atom stereocenters. The molecule has 73 heavy (non-hydrogen) atoms. The van der Waals surface area contributed by atoms with Gasteiger partial charge in [0, 0.05) is 56.6 Å². The average molecular weight is 1150 g/mol. The van der Waals surface area contributed by atoms with Gasteiger partial charge in [-0.1, -0.05) is 13.8 Å². The van der Waals surface area contributed by atoms with E-state index in [9.17, 15) is 31.5 Å². The summed E-state index contributed by atoms with van der Waals surface area (Å²) in [6.45, 7) is 14.8. The summed E-state index contributed by atoms with van der Waals surface area (Å²) in [5.74, 6) is 2.48. The Morgan fingerprint density at radius 2 is 1.19 bits per heavy atom. The number of imidazole rings is 2. The van der Waals surface area contributed by atoms with E-state index >= 15 is 0 Å². The Bertz CT molecular complexity index is 3170. The van der Waals surface area contributed by atoms with Gasteiger partial charge in [-0.2, -0.15) is 9.57 Å². The van der Waals surface area contributed by atoms with Crippen molar-refractivity contribution in [3.63, 3.8) is 0 Å². The van der Waals surface area contributed by atoms with Gasteiger partial charge in [-0.15, -0.1) is 22.6 Å². The monoisotopic (exact) mass is 1150 g/mol. The van der Waals surface area contributed by atoms with E-state index in [1.165, 1.54) is 50.6 Å². The zero-order valence-corrected chi connectivity index (χ0v) is 51.3. The number of aromatic amines is 2. The van der Waals surface area contributed by atoms with E-state index in [1.54, 1.807) is 32.9 Å². The minimum atomic E-state index is -3.95. The van der Waals surface area contributed by atoms with Gasteiger partial charge in [0.1, 0.15) is 23.1 Å². The number of fused-ring (bicyclic) bond motifs is 2. The summed E-state index contributed by atoms with van der Waals surface area (Å²) >= 11 is 0. The summed E-state index contributed by atoms with van der Waals surface area (Å²) in [7, 11) is -2.27. The standard InChI is InChI=1S/C20H25N5O5S.C17H19ClN4O4S.C3H7NO.C2H3N.CH2O3.ClH.2K.H/c1-4-6-17-21-12(3)18-20(27)22-19(23-25(17)18)15-9-14(7-8-16(15)30-5-2)31(28,29)24-10-13(26)11-24;1-4-6-14-19-10(3)15-17(23)20-16(21-22(14)15)12-9-11(27(18,24)25)7-8-13(12)26-5-2;5-3-1-4-2-3;1-2-3;2-1-4-3;;;;/h7-9,13,26H,4-6,10-11H2,1-3H3,(H,22,23,27);7-9H,4-6H2,1-3H3,(H,20,21,23);3-5H,1-2H2;1H3;1,3H;1H;;;/q;;;;;;2*+1;-1/p-1. The quantitative estimate of drug-likeness (QED) is 0.0230. The normalized spacial score (nSPS) is 13.1. The molecule has 30 heteroatoms. The summed E-state index contributed by atoms with van der Waals surface area (Å²) in [6, 6.07) is 10.4. The second-order valence-corrected chi connectivity index (χ2v) is 19.7. The summed E-state index contributed by atoms with van der Waals surface area (Å²) in [5, 5.41) is 45.6. The van der Waals surface area contributed by atoms with Crippen LogP contribution in [0.3, 0.4) is 0 Å². The van der Waals surface area contributed by atoms with Crippen molar-refractivity contribution >= 4 is 59.7 Å². The number of aliphatic hydroxyl groups excluding tert-OH is 2. The maximum absolute atomic E-state index is 12.9. The Morgan fingerprint density at radius 1 is 0.808 bits per heavy atom. The molecule has 2 aromatic carbocycles. The van der Waals surface area contributed by atoms with Gasteiger partial charge < -0.3 is 46.5 Å². The zero-order chi connectivity index (χ0) is 51.9. The number of benzene rings is 2. The largest absolute Gasteiger partial charge is 1.00 e. The number of aliphatic hydroxyl groups is 2. The van der Waals surface area contributed by atoms with Gasteiger partial charge in [0.15, 0.2) is 22.7 Å². The molecule has 2 fully saturated rings. The van der Waals surface area contributed by atoms with Crippen LogP contribution in [-0.2, 0) is 41.6 Å². The van der Waals surface area contributed by atoms with Gasteiger partial charge in [0.05, 0.1) is 63.8 Å². The third-order valence-corrected chi connectivity index (χ3v) is 13.2. The number of nitriles is 1. The Kier molecular flexibility index (Phi) is 30.0. The smallest absolute Gasteiger partial charge is 1.00 e. The molecule has 0 spiro atoms. The van der Waals surface area contributed by atoms with Gasteiger partial charge in [-0.05, 0) is 76.9 Å². The number of sulfonamides is 1. The number of aromatic nitrogens is 8. The van der Waals surface area contributed by atoms with Gasteiger partial charge in [0.25, 0.3) is 26.6 Å². The van der Waals surface area contributed by atoms with Gasteiger partial charge in [-0.25, -0.2) is 35.8 Å². The van der Waals surface area contributed by atoms with Crippen LogP contribution in [0.5, 0.6) is 11.5 Å². The van der Waals surface area contributed by atoms with Crippen molar-refractivity contribution < 1.29 is 156 Å². The average Bonchev–Trinajstić information content (AvgIpc) is 3.79. The number of aryl methyl sites for hydroxylation is 4. The number of hydrogen-bond donors (Lipinski definition) is 5. The van der Waals surface area contributed by atoms with E-state index < -0.39 is 25.2 Å². The van der Waals surface area contributed by atoms with Gasteiger partial charge >= 0.3 is 103 Å². The third kappa shape index (κ3) is 17.9. The van der Waals surface area contributed by atoms with Crippen LogP contribution in [0.15, 0.2) is 55.8 Å². The predicted molar refractivity (Wildman–Crippen MR) is 261 cm³/mol. The molecule has 0 aliphatic carbocycles. The molecule has 390 valence electrons. The van der Waals surface area contributed by atoms with E-state index in [-0.39, 0.29) is 175 Å². The molecule has 4 aromatic heterocycles. The Hall–Kier alpha value is -2.75. The molecule has 24 nitrogen and oxygen atoms in total. The fourth-order valence-electron chi connectivity index (χ4n) is 6.78. The second-order valence-electron chi connectivity index (χ2n) is 15.2. The number of halogens is 2. The van der Waals surface area contributed by atoms with Crippen LogP contribution in [0.1, 0.15) is 71.9 Å². The van der Waals surface area contributed by atoms with Crippen molar-refractivity contribution in [2.45, 2.75) is 96.1 Å². The topological polar surface area (TPSA) is 342 Å². The molecule has 5 N–H and O–H groups in total. The zero-order valence-electron chi connectivity index (χ0n) is 42.8. The Labute approximate surface area is 518 Å². The molecular formula is C43H57Cl2K2N11O13S2. The van der Waals surface area contributed by atoms with Crippen molar-refractivity contribution in [3.8, 4) is 40.3 Å². The van der Waals surface area contributed by atoms with Crippen LogP contribution in [-0.4, -0.2) is 129 Å². The van der Waals surface area contributed by atoms with Crippen LogP contribution in [0.4, 0.5) is 0 Å². The fourth-order valence-corrected chi connectivity index (χ4v) is 9.10. The number of nitrogens with one attached hydrogen (secondary N) is 3. The Morgan fingerprint density at radius 3 is 1.51 bits per heavy atom. The number of hydrogen-bond acceptors (Lipinski definition) is 19. The number of rotatable bonds is 14. The predicted octanol–water partition coefficient (Wildman–Crippen LogP) is -3.76. The summed E-state index contributed by atoms with van der Waals surface area (Å²) in [5.41, 5.74) is 1.85. The maximum Gasteiger partial charge on any atom is 1.00 e. The number of carbonyl (C=O) groups is 1. The summed E-state index contributed by atoms with van der Waals surface area (Å²) in [4.78, 5) is 50.9. The molecule has 6 heterocycles. The first-order chi connectivity index (χ1) is 33.2. The first kappa shape index (κ1) is 68.3. The molecule has 0 amide bonds. The molecule has 0 radical (unpaired) electrons. The van der Waals surface area contributed by atoms with Crippen molar-refractivity contribution in [2.24, 2.45) is 0 Å². The molecule has 6 aromatic rings. The molecule has 2 aliphatic rings. The van der Waals surface area contributed by atoms with E-state index in [0.29, 0.717) is 82.8 Å². The number of β-amino-alcohol motifs (C(OH)–C–C–N with tert-alkyl or cyclic N) is 2. The van der Waals surface area contributed by atoms with Crippen LogP contribution in [0.25, 0.3) is 33.8 Å². The molecule has 8 rings (SSSR count). The third-order valence-electron chi connectivity index (χ3n) is 9.99. The number of carbonyl (C=O) groups excluding carboxylic acids is 1. The summed E-state index contributed by atoms with van der Waals surface area (Å²) in [6.07, 6.45) is 2.27. The fraction of sp³-hybridized carbons (Fsp3) is 0.442. The molecule has 2 aliphatic heterocycles. The van der Waals surface area contributed by atoms with Crippen LogP contribution < -0.4 is 134 Å². The van der Waals surface area contributed by atoms with Gasteiger partial charge in [-0.3, -0.25) is 14.4 Å². The first-order valence-electron chi connectivity index (χ1n) is 21.8. The number of ether oxygens (including phenoxy) is 2. The summed E-state index contributed by atoms with van der Waals surface area (Å²) < 4.78 is 64.7. The van der Waals surface area contributed by atoms with Crippen molar-refractivity contribution in [3.05, 3.63) is 80.1 Å². The molecule has 0 atom stereocenters. The molecule has 0 saturated carbocycles. The molecular weight excluding hydrogens is 1090 g/mol. The minimum Gasteiger partial charge on any atom is -1.00 e. The second kappa shape index (κ2) is 32.1. The molecule has 2 saturated heterocycles. The SMILES string of the molecule is CC#N.CCCc1nc(C)c2c(=O)[nH]c(-c3cc(S(=O)(=O)Cl)ccc3OCC)nn12.CCCc1nc(C)c2c(=O)[nH]c(-c3cc(S(=O)(=O)N4CC(O)C4)ccc3OCC)nn12.Cl.O=CO[O-].OC1CNC1.[H-].[K+].[K+].